The zero-order valence-corrected chi connectivity index (χ0v) is 17.1. The number of nitrogens with one attached hydrogen (secondary N) is 1. The fraction of sp³-hybridized carbons (Fsp3) is 0.632. The molecule has 1 heterocycles. The van der Waals surface area contributed by atoms with Gasteiger partial charge in [-0.2, -0.15) is 0 Å². The maximum Gasteiger partial charge on any atom is 0.194 e. The van der Waals surface area contributed by atoms with E-state index in [0.717, 1.165) is 38.8 Å². The molecule has 2 fully saturated rings. The highest BCUT2D eigenvalue weighted by Gasteiger charge is 2.40. The Bertz CT molecular complexity index is 523. The second-order valence-corrected chi connectivity index (χ2v) is 6.56. The molecule has 3 rings (SSSR count). The van der Waals surface area contributed by atoms with Crippen LogP contribution in [0.1, 0.15) is 38.2 Å². The van der Waals surface area contributed by atoms with Crippen LogP contribution in [0.25, 0.3) is 0 Å². The fourth-order valence-corrected chi connectivity index (χ4v) is 3.42. The fourth-order valence-electron chi connectivity index (χ4n) is 3.42. The van der Waals surface area contributed by atoms with Crippen molar-refractivity contribution in [1.82, 2.24) is 10.2 Å². The monoisotopic (exact) mass is 443 g/mol. The van der Waals surface area contributed by atoms with Crippen molar-refractivity contribution in [3.8, 4) is 0 Å². The van der Waals surface area contributed by atoms with E-state index in [-0.39, 0.29) is 24.0 Å². The number of hydrogen-bond donors (Lipinski definition) is 1. The van der Waals surface area contributed by atoms with Gasteiger partial charge in [0.05, 0.1) is 6.61 Å². The molecule has 1 N–H and O–H groups in total. The number of ether oxygens (including phenoxy) is 1. The first-order valence-corrected chi connectivity index (χ1v) is 9.00. The number of nitrogens with zero attached hydrogens (tertiary/aromatic N) is 2. The van der Waals surface area contributed by atoms with E-state index in [1.807, 2.05) is 0 Å². The molecule has 1 aliphatic heterocycles. The van der Waals surface area contributed by atoms with Crippen LogP contribution >= 0.6 is 24.0 Å². The Labute approximate surface area is 163 Å². The summed E-state index contributed by atoms with van der Waals surface area (Å²) in [4.78, 5) is 7.13. The van der Waals surface area contributed by atoms with Crippen LogP contribution in [0.3, 0.4) is 0 Å². The lowest BCUT2D eigenvalue weighted by atomic mass is 10.1. The molecule has 2 aliphatic rings. The molecule has 134 valence electrons. The summed E-state index contributed by atoms with van der Waals surface area (Å²) in [7, 11) is 0. The van der Waals surface area contributed by atoms with Gasteiger partial charge in [0.25, 0.3) is 0 Å². The van der Waals surface area contributed by atoms with Gasteiger partial charge < -0.3 is 15.0 Å². The Morgan fingerprint density at radius 3 is 2.79 bits per heavy atom. The van der Waals surface area contributed by atoms with Gasteiger partial charge in [-0.1, -0.05) is 30.3 Å². The molecule has 1 aliphatic carbocycles. The summed E-state index contributed by atoms with van der Waals surface area (Å²) < 4.78 is 5.59. The van der Waals surface area contributed by atoms with Crippen molar-refractivity contribution in [3.05, 3.63) is 35.9 Å². The van der Waals surface area contributed by atoms with Gasteiger partial charge in [-0.05, 0) is 32.3 Å². The van der Waals surface area contributed by atoms with Crippen LogP contribution in [0.5, 0.6) is 0 Å². The van der Waals surface area contributed by atoms with Crippen LogP contribution in [-0.4, -0.2) is 49.7 Å². The summed E-state index contributed by atoms with van der Waals surface area (Å²) in [5.41, 5.74) is 1.44. The minimum absolute atomic E-state index is 0. The highest BCUT2D eigenvalue weighted by molar-refractivity contribution is 14.0. The molecule has 0 bridgehead atoms. The van der Waals surface area contributed by atoms with Crippen molar-refractivity contribution in [2.24, 2.45) is 10.9 Å². The van der Waals surface area contributed by atoms with Gasteiger partial charge >= 0.3 is 0 Å². The van der Waals surface area contributed by atoms with Gasteiger partial charge in [0.2, 0.25) is 0 Å². The predicted molar refractivity (Wildman–Crippen MR) is 110 cm³/mol. The second kappa shape index (κ2) is 9.61. The molecule has 3 atom stereocenters. The molecule has 24 heavy (non-hydrogen) atoms. The molecular weight excluding hydrogens is 413 g/mol. The van der Waals surface area contributed by atoms with Gasteiger partial charge in [-0.25, -0.2) is 0 Å². The largest absolute Gasteiger partial charge is 0.381 e. The average molecular weight is 443 g/mol. The minimum Gasteiger partial charge on any atom is -0.381 e. The lowest BCUT2D eigenvalue weighted by Gasteiger charge is -2.22. The number of rotatable bonds is 6. The van der Waals surface area contributed by atoms with Crippen molar-refractivity contribution < 1.29 is 4.74 Å². The minimum atomic E-state index is 0. The molecule has 3 unspecified atom stereocenters. The summed E-state index contributed by atoms with van der Waals surface area (Å²) in [5.74, 6) is 2.37. The van der Waals surface area contributed by atoms with Crippen LogP contribution in [0.15, 0.2) is 35.3 Å². The van der Waals surface area contributed by atoms with Gasteiger partial charge in [0.1, 0.15) is 0 Å². The van der Waals surface area contributed by atoms with Crippen LogP contribution in [0.4, 0.5) is 0 Å². The van der Waals surface area contributed by atoms with Crippen molar-refractivity contribution in [1.29, 1.82) is 0 Å². The maximum absolute atomic E-state index is 5.59. The van der Waals surface area contributed by atoms with Crippen LogP contribution in [0.2, 0.25) is 0 Å². The zero-order valence-electron chi connectivity index (χ0n) is 14.8. The third-order valence-corrected chi connectivity index (χ3v) is 4.78. The van der Waals surface area contributed by atoms with Crippen LogP contribution in [0, 0.1) is 5.92 Å². The quantitative estimate of drug-likeness (QED) is 0.416. The number of likely N-dealkylation sites (tertiary alicyclic amines) is 1. The molecule has 0 radical (unpaired) electrons. The standard InChI is InChI=1S/C19H29N3O.HI/c1-3-20-19(22-11-10-15(13-22)14-23-4-2)21-18-12-17(18)16-8-6-5-7-9-16;/h5-9,15,17-18H,3-4,10-14H2,1-2H3,(H,20,21);1H. The molecular formula is C19H30IN3O. The van der Waals surface area contributed by atoms with E-state index in [2.05, 4.69) is 54.4 Å². The highest BCUT2D eigenvalue weighted by Crippen LogP contribution is 2.40. The van der Waals surface area contributed by atoms with Gasteiger partial charge in [0.15, 0.2) is 5.96 Å². The number of aliphatic imine (C=N–C) groups is 1. The molecule has 1 aromatic rings. The Morgan fingerprint density at radius 1 is 1.29 bits per heavy atom. The number of benzene rings is 1. The van der Waals surface area contributed by atoms with Gasteiger partial charge in [0, 0.05) is 44.1 Å². The summed E-state index contributed by atoms with van der Waals surface area (Å²) >= 11 is 0. The van der Waals surface area contributed by atoms with E-state index >= 15 is 0 Å². The first-order valence-electron chi connectivity index (χ1n) is 9.00. The van der Waals surface area contributed by atoms with Crippen LogP contribution in [-0.2, 0) is 4.74 Å². The Kier molecular flexibility index (Phi) is 7.81. The third kappa shape index (κ3) is 5.09. The third-order valence-electron chi connectivity index (χ3n) is 4.78. The Morgan fingerprint density at radius 2 is 2.08 bits per heavy atom. The predicted octanol–water partition coefficient (Wildman–Crippen LogP) is 3.48. The number of halogens is 1. The summed E-state index contributed by atoms with van der Waals surface area (Å²) in [5, 5.41) is 3.69. The van der Waals surface area contributed by atoms with Crippen molar-refractivity contribution in [2.75, 3.05) is 32.8 Å². The lowest BCUT2D eigenvalue weighted by Crippen LogP contribution is -2.42. The number of hydrogen-bond acceptors (Lipinski definition) is 2. The molecule has 0 spiro atoms. The van der Waals surface area contributed by atoms with Crippen molar-refractivity contribution in [2.45, 2.75) is 38.6 Å². The molecule has 0 amide bonds. The molecule has 1 aromatic carbocycles. The summed E-state index contributed by atoms with van der Waals surface area (Å²) in [6, 6.07) is 11.3. The Hall–Kier alpha value is -0.820. The smallest absolute Gasteiger partial charge is 0.194 e. The first-order chi connectivity index (χ1) is 11.3. The van der Waals surface area contributed by atoms with Crippen molar-refractivity contribution in [3.63, 3.8) is 0 Å². The average Bonchev–Trinajstić information content (AvgIpc) is 3.19. The summed E-state index contributed by atoms with van der Waals surface area (Å²) in [6.07, 6.45) is 2.42. The van der Waals surface area contributed by atoms with E-state index in [1.165, 1.54) is 18.4 Å². The van der Waals surface area contributed by atoms with E-state index in [4.69, 9.17) is 9.73 Å². The molecule has 0 aromatic heterocycles. The number of guanidine groups is 1. The van der Waals surface area contributed by atoms with Crippen molar-refractivity contribution >= 4 is 29.9 Å². The SMILES string of the molecule is CCN=C(NC1CC1c1ccccc1)N1CCC(COCC)C1.I. The lowest BCUT2D eigenvalue weighted by molar-refractivity contribution is 0.114. The summed E-state index contributed by atoms with van der Waals surface area (Å²) in [6.45, 7) is 8.85. The molecule has 1 saturated heterocycles. The highest BCUT2D eigenvalue weighted by atomic mass is 127. The van der Waals surface area contributed by atoms with E-state index < -0.39 is 0 Å². The molecule has 5 heteroatoms. The van der Waals surface area contributed by atoms with Gasteiger partial charge in [-0.15, -0.1) is 24.0 Å². The Balaban J connectivity index is 0.00000208. The first kappa shape index (κ1) is 19.5. The topological polar surface area (TPSA) is 36.9 Å². The van der Waals surface area contributed by atoms with Crippen LogP contribution < -0.4 is 5.32 Å². The maximum atomic E-state index is 5.59. The zero-order chi connectivity index (χ0) is 16.1. The molecule has 1 saturated carbocycles. The van der Waals surface area contributed by atoms with Gasteiger partial charge in [-0.3, -0.25) is 4.99 Å². The van der Waals surface area contributed by atoms with E-state index in [9.17, 15) is 0 Å². The van der Waals surface area contributed by atoms with E-state index in [0.29, 0.717) is 17.9 Å². The van der Waals surface area contributed by atoms with E-state index in [1.54, 1.807) is 0 Å². The second-order valence-electron chi connectivity index (χ2n) is 6.56. The molecule has 4 nitrogen and oxygen atoms in total. The normalized spacial score (nSPS) is 26.2.